The summed E-state index contributed by atoms with van der Waals surface area (Å²) in [6.45, 7) is 4.69. The monoisotopic (exact) mass is 284 g/mol. The Labute approximate surface area is 119 Å². The SMILES string of the molecule is O=C(O)C1CCCCC1C(=O)NCCN1CCOCC1. The van der Waals surface area contributed by atoms with Gasteiger partial charge in [-0.25, -0.2) is 0 Å². The lowest BCUT2D eigenvalue weighted by Crippen LogP contribution is -2.44. The number of aliphatic carboxylic acids is 1. The second kappa shape index (κ2) is 7.59. The summed E-state index contributed by atoms with van der Waals surface area (Å²) >= 11 is 0. The Balaban J connectivity index is 1.73. The minimum atomic E-state index is -0.835. The highest BCUT2D eigenvalue weighted by molar-refractivity contribution is 5.84. The van der Waals surface area contributed by atoms with Crippen LogP contribution in [0.1, 0.15) is 25.7 Å². The Kier molecular flexibility index (Phi) is 5.79. The molecule has 20 heavy (non-hydrogen) atoms. The van der Waals surface area contributed by atoms with E-state index in [1.165, 1.54) is 0 Å². The van der Waals surface area contributed by atoms with Gasteiger partial charge in [-0.3, -0.25) is 14.5 Å². The molecule has 1 saturated heterocycles. The number of nitrogens with zero attached hydrogens (tertiary/aromatic N) is 1. The molecule has 2 fully saturated rings. The molecule has 0 radical (unpaired) electrons. The molecule has 2 N–H and O–H groups in total. The molecule has 0 aromatic heterocycles. The van der Waals surface area contributed by atoms with E-state index in [1.807, 2.05) is 0 Å². The lowest BCUT2D eigenvalue weighted by Gasteiger charge is -2.29. The Hall–Kier alpha value is -1.14. The van der Waals surface area contributed by atoms with Crippen molar-refractivity contribution in [3.05, 3.63) is 0 Å². The van der Waals surface area contributed by atoms with Gasteiger partial charge in [-0.2, -0.15) is 0 Å². The molecule has 1 aliphatic heterocycles. The predicted octanol–water partition coefficient (Wildman–Crippen LogP) is 0.326. The highest BCUT2D eigenvalue weighted by Gasteiger charge is 2.35. The Morgan fingerprint density at radius 1 is 1.15 bits per heavy atom. The van der Waals surface area contributed by atoms with Gasteiger partial charge in [-0.05, 0) is 12.8 Å². The van der Waals surface area contributed by atoms with Crippen molar-refractivity contribution in [1.82, 2.24) is 10.2 Å². The third-order valence-corrected chi connectivity index (χ3v) is 4.25. The van der Waals surface area contributed by atoms with Gasteiger partial charge in [0, 0.05) is 26.2 Å². The summed E-state index contributed by atoms with van der Waals surface area (Å²) in [6, 6.07) is 0. The van der Waals surface area contributed by atoms with Crippen LogP contribution in [0.2, 0.25) is 0 Å². The number of carboxylic acid groups (broad SMARTS) is 1. The van der Waals surface area contributed by atoms with Crippen molar-refractivity contribution < 1.29 is 19.4 Å². The zero-order valence-electron chi connectivity index (χ0n) is 11.8. The number of ether oxygens (including phenoxy) is 1. The lowest BCUT2D eigenvalue weighted by atomic mass is 9.79. The second-order valence-electron chi connectivity index (χ2n) is 5.58. The van der Waals surface area contributed by atoms with E-state index in [-0.39, 0.29) is 11.8 Å². The lowest BCUT2D eigenvalue weighted by molar-refractivity contribution is -0.148. The van der Waals surface area contributed by atoms with Crippen LogP contribution in [-0.4, -0.2) is 61.3 Å². The summed E-state index contributed by atoms with van der Waals surface area (Å²) in [6.07, 6.45) is 3.18. The molecule has 2 aliphatic rings. The van der Waals surface area contributed by atoms with Crippen molar-refractivity contribution >= 4 is 11.9 Å². The van der Waals surface area contributed by atoms with Gasteiger partial charge in [0.25, 0.3) is 0 Å². The predicted molar refractivity (Wildman–Crippen MR) is 73.4 cm³/mol. The summed E-state index contributed by atoms with van der Waals surface area (Å²) in [4.78, 5) is 25.6. The number of amides is 1. The first-order valence-electron chi connectivity index (χ1n) is 7.49. The van der Waals surface area contributed by atoms with E-state index in [1.54, 1.807) is 0 Å². The van der Waals surface area contributed by atoms with Gasteiger partial charge < -0.3 is 15.2 Å². The fourth-order valence-corrected chi connectivity index (χ4v) is 3.03. The van der Waals surface area contributed by atoms with Gasteiger partial charge >= 0.3 is 5.97 Å². The molecule has 0 spiro atoms. The van der Waals surface area contributed by atoms with Crippen molar-refractivity contribution in [2.75, 3.05) is 39.4 Å². The molecule has 0 aromatic rings. The summed E-state index contributed by atoms with van der Waals surface area (Å²) in [5.74, 6) is -1.79. The van der Waals surface area contributed by atoms with Crippen LogP contribution in [0, 0.1) is 11.8 Å². The number of rotatable bonds is 5. The smallest absolute Gasteiger partial charge is 0.307 e. The van der Waals surface area contributed by atoms with Crippen LogP contribution in [0.5, 0.6) is 0 Å². The molecule has 2 unspecified atom stereocenters. The van der Waals surface area contributed by atoms with Crippen molar-refractivity contribution in [2.45, 2.75) is 25.7 Å². The first kappa shape index (κ1) is 15.3. The molecular formula is C14H24N2O4. The summed E-state index contributed by atoms with van der Waals surface area (Å²) in [7, 11) is 0. The third-order valence-electron chi connectivity index (χ3n) is 4.25. The average molecular weight is 284 g/mol. The van der Waals surface area contributed by atoms with E-state index >= 15 is 0 Å². The topological polar surface area (TPSA) is 78.9 Å². The molecule has 1 amide bonds. The molecular weight excluding hydrogens is 260 g/mol. The third kappa shape index (κ3) is 4.18. The standard InChI is InChI=1S/C14H24N2O4/c17-13(11-3-1-2-4-12(11)14(18)19)15-5-6-16-7-9-20-10-8-16/h11-12H,1-10H2,(H,15,17)(H,18,19). The van der Waals surface area contributed by atoms with Gasteiger partial charge in [-0.15, -0.1) is 0 Å². The van der Waals surface area contributed by atoms with Crippen molar-refractivity contribution in [3.8, 4) is 0 Å². The second-order valence-corrected chi connectivity index (χ2v) is 5.58. The molecule has 6 heteroatoms. The Morgan fingerprint density at radius 3 is 2.45 bits per heavy atom. The Bertz CT molecular complexity index is 342. The van der Waals surface area contributed by atoms with Crippen LogP contribution in [-0.2, 0) is 14.3 Å². The largest absolute Gasteiger partial charge is 0.481 e. The number of nitrogens with one attached hydrogen (secondary N) is 1. The van der Waals surface area contributed by atoms with Crippen LogP contribution < -0.4 is 5.32 Å². The molecule has 0 bridgehead atoms. The first-order valence-corrected chi connectivity index (χ1v) is 7.49. The van der Waals surface area contributed by atoms with E-state index in [2.05, 4.69) is 10.2 Å². The summed E-state index contributed by atoms with van der Waals surface area (Å²) in [5, 5.41) is 12.1. The molecule has 2 rings (SSSR count). The fraction of sp³-hybridized carbons (Fsp3) is 0.857. The number of carbonyl (C=O) groups is 2. The summed E-state index contributed by atoms with van der Waals surface area (Å²) in [5.41, 5.74) is 0. The van der Waals surface area contributed by atoms with E-state index in [4.69, 9.17) is 4.74 Å². The normalized spacial score (nSPS) is 28.0. The van der Waals surface area contributed by atoms with Crippen LogP contribution >= 0.6 is 0 Å². The maximum absolute atomic E-state index is 12.1. The first-order chi connectivity index (χ1) is 9.68. The molecule has 1 aliphatic carbocycles. The minimum Gasteiger partial charge on any atom is -0.481 e. The number of hydrogen-bond acceptors (Lipinski definition) is 4. The fourth-order valence-electron chi connectivity index (χ4n) is 3.03. The van der Waals surface area contributed by atoms with Crippen LogP contribution in [0.25, 0.3) is 0 Å². The van der Waals surface area contributed by atoms with Crippen molar-refractivity contribution in [3.63, 3.8) is 0 Å². The van der Waals surface area contributed by atoms with E-state index in [0.29, 0.717) is 19.4 Å². The van der Waals surface area contributed by atoms with E-state index < -0.39 is 11.9 Å². The zero-order valence-corrected chi connectivity index (χ0v) is 11.8. The van der Waals surface area contributed by atoms with Crippen LogP contribution in [0.4, 0.5) is 0 Å². The molecule has 0 aromatic carbocycles. The van der Waals surface area contributed by atoms with Gasteiger partial charge in [0.1, 0.15) is 0 Å². The molecule has 6 nitrogen and oxygen atoms in total. The average Bonchev–Trinajstić information content (AvgIpc) is 2.48. The van der Waals surface area contributed by atoms with Crippen LogP contribution in [0.15, 0.2) is 0 Å². The highest BCUT2D eigenvalue weighted by atomic mass is 16.5. The van der Waals surface area contributed by atoms with E-state index in [0.717, 1.165) is 45.7 Å². The summed E-state index contributed by atoms with van der Waals surface area (Å²) < 4.78 is 5.27. The number of carbonyl (C=O) groups excluding carboxylic acids is 1. The van der Waals surface area contributed by atoms with Gasteiger partial charge in [-0.1, -0.05) is 12.8 Å². The number of carboxylic acids is 1. The molecule has 114 valence electrons. The maximum atomic E-state index is 12.1. The number of morpholine rings is 1. The maximum Gasteiger partial charge on any atom is 0.307 e. The van der Waals surface area contributed by atoms with Crippen LogP contribution in [0.3, 0.4) is 0 Å². The van der Waals surface area contributed by atoms with Crippen molar-refractivity contribution in [2.24, 2.45) is 11.8 Å². The minimum absolute atomic E-state index is 0.0923. The Morgan fingerprint density at radius 2 is 1.80 bits per heavy atom. The number of hydrogen-bond donors (Lipinski definition) is 2. The highest BCUT2D eigenvalue weighted by Crippen LogP contribution is 2.30. The van der Waals surface area contributed by atoms with Gasteiger partial charge in [0.15, 0.2) is 0 Å². The van der Waals surface area contributed by atoms with Gasteiger partial charge in [0.2, 0.25) is 5.91 Å². The molecule has 1 saturated carbocycles. The van der Waals surface area contributed by atoms with Crippen molar-refractivity contribution in [1.29, 1.82) is 0 Å². The molecule has 2 atom stereocenters. The zero-order chi connectivity index (χ0) is 14.4. The molecule has 1 heterocycles. The van der Waals surface area contributed by atoms with Gasteiger partial charge in [0.05, 0.1) is 25.0 Å². The van der Waals surface area contributed by atoms with E-state index in [9.17, 15) is 14.7 Å². The quantitative estimate of drug-likeness (QED) is 0.760.